The van der Waals surface area contributed by atoms with E-state index in [4.69, 9.17) is 16.3 Å². The number of amides is 2. The van der Waals surface area contributed by atoms with E-state index in [0.717, 1.165) is 6.42 Å². The van der Waals surface area contributed by atoms with Crippen LogP contribution in [0.3, 0.4) is 0 Å². The third-order valence-corrected chi connectivity index (χ3v) is 9.60. The Hall–Kier alpha value is -1.77. The van der Waals surface area contributed by atoms with E-state index in [1.54, 1.807) is 43.0 Å². The van der Waals surface area contributed by atoms with E-state index in [0.29, 0.717) is 17.1 Å². The lowest BCUT2D eigenvalue weighted by Crippen LogP contribution is -2.56. The number of hydrogen-bond acceptors (Lipinski definition) is 6. The molecule has 9 heteroatoms. The number of aliphatic hydroxyl groups is 1. The molecule has 3 fully saturated rings. The molecule has 7 atom stereocenters. The number of likely N-dealkylation sites (tertiary alicyclic amines) is 1. The highest BCUT2D eigenvalue weighted by Gasteiger charge is 2.76. The lowest BCUT2D eigenvalue weighted by molar-refractivity contribution is -0.154. The van der Waals surface area contributed by atoms with Crippen molar-refractivity contribution in [2.24, 2.45) is 17.8 Å². The molecule has 2 bridgehead atoms. The predicted molar refractivity (Wildman–Crippen MR) is 123 cm³/mol. The molecule has 1 aromatic rings. The van der Waals surface area contributed by atoms with Gasteiger partial charge < -0.3 is 20.1 Å². The predicted octanol–water partition coefficient (Wildman–Crippen LogP) is 2.95. The van der Waals surface area contributed by atoms with Crippen molar-refractivity contribution in [3.05, 3.63) is 29.3 Å². The van der Waals surface area contributed by atoms with Gasteiger partial charge in [0.05, 0.1) is 46.5 Å². The van der Waals surface area contributed by atoms with Crippen LogP contribution in [0.25, 0.3) is 0 Å². The van der Waals surface area contributed by atoms with Crippen molar-refractivity contribution in [2.45, 2.75) is 55.7 Å². The number of hydrogen-bond donors (Lipinski definition) is 2. The molecule has 4 rings (SSSR count). The van der Waals surface area contributed by atoms with Gasteiger partial charge in [-0.25, -0.2) is 0 Å². The maximum Gasteiger partial charge on any atom is 0.310 e. The SMILES string of the molecule is CCOC(=O)[C@@H]1[C@H]2C(=O)N([C@@H](CC)CO)C(C(=O)Nc3ccccc3Cl)C23S[C@@H]1CC3C. The zero-order valence-corrected chi connectivity index (χ0v) is 20.0. The summed E-state index contributed by atoms with van der Waals surface area (Å²) < 4.78 is 4.58. The number of ether oxygens (including phenoxy) is 1. The van der Waals surface area contributed by atoms with Crippen LogP contribution in [0, 0.1) is 17.8 Å². The first-order chi connectivity index (χ1) is 15.3. The quantitative estimate of drug-likeness (QED) is 0.582. The molecule has 3 aliphatic heterocycles. The molecule has 3 unspecified atom stereocenters. The second-order valence-electron chi connectivity index (χ2n) is 8.76. The van der Waals surface area contributed by atoms with Crippen LogP contribution >= 0.6 is 23.4 Å². The summed E-state index contributed by atoms with van der Waals surface area (Å²) in [6.45, 7) is 5.66. The van der Waals surface area contributed by atoms with Crippen LogP contribution in [0.4, 0.5) is 5.69 Å². The molecule has 0 radical (unpaired) electrons. The van der Waals surface area contributed by atoms with Crippen LogP contribution < -0.4 is 5.32 Å². The van der Waals surface area contributed by atoms with Crippen molar-refractivity contribution >= 4 is 46.8 Å². The molecule has 3 aliphatic rings. The van der Waals surface area contributed by atoms with Gasteiger partial charge in [0, 0.05) is 5.25 Å². The number of halogens is 1. The number of carbonyl (C=O) groups is 3. The van der Waals surface area contributed by atoms with E-state index in [-0.39, 0.29) is 42.2 Å². The summed E-state index contributed by atoms with van der Waals surface area (Å²) in [6.07, 6.45) is 1.23. The lowest BCUT2D eigenvalue weighted by atomic mass is 9.66. The largest absolute Gasteiger partial charge is 0.466 e. The van der Waals surface area contributed by atoms with Gasteiger partial charge in [-0.05, 0) is 37.8 Å². The lowest BCUT2D eigenvalue weighted by Gasteiger charge is -2.39. The average Bonchev–Trinajstić information content (AvgIpc) is 3.35. The molecule has 7 nitrogen and oxygen atoms in total. The molecule has 2 amide bonds. The Morgan fingerprint density at radius 3 is 2.72 bits per heavy atom. The maximum absolute atomic E-state index is 13.8. The Labute approximate surface area is 197 Å². The molecule has 0 aliphatic carbocycles. The molecule has 3 heterocycles. The van der Waals surface area contributed by atoms with Gasteiger partial charge in [-0.1, -0.05) is 37.6 Å². The molecule has 174 valence electrons. The molecule has 0 aromatic heterocycles. The number of carbonyl (C=O) groups excluding carboxylic acids is 3. The standard InChI is InChI=1S/C23H29ClN2O5S/c1-4-13(11-27)26-19(20(28)25-15-9-7-6-8-14(15)24)23-12(3)10-16(32-23)17(18(23)21(26)29)22(30)31-5-2/h6-9,12-13,16-19,27H,4-5,10-11H2,1-3H3,(H,25,28)/t12?,13-,16+,17-,18-,19?,23?/m0/s1. The Balaban J connectivity index is 1.78. The van der Waals surface area contributed by atoms with Crippen molar-refractivity contribution in [2.75, 3.05) is 18.5 Å². The summed E-state index contributed by atoms with van der Waals surface area (Å²) in [5.41, 5.74) is 0.468. The number of benzene rings is 1. The number of nitrogens with one attached hydrogen (secondary N) is 1. The summed E-state index contributed by atoms with van der Waals surface area (Å²) in [5, 5.41) is 13.3. The topological polar surface area (TPSA) is 95.9 Å². The number of thioether (sulfide) groups is 1. The number of para-hydroxylation sites is 1. The zero-order chi connectivity index (χ0) is 23.2. The fourth-order valence-electron chi connectivity index (χ4n) is 5.84. The van der Waals surface area contributed by atoms with E-state index in [9.17, 15) is 19.5 Å². The minimum Gasteiger partial charge on any atom is -0.466 e. The van der Waals surface area contributed by atoms with Crippen molar-refractivity contribution < 1.29 is 24.2 Å². The molecule has 32 heavy (non-hydrogen) atoms. The van der Waals surface area contributed by atoms with Crippen LogP contribution in [0.1, 0.15) is 33.6 Å². The summed E-state index contributed by atoms with van der Waals surface area (Å²) in [4.78, 5) is 42.0. The molecular weight excluding hydrogens is 452 g/mol. The van der Waals surface area contributed by atoms with Crippen LogP contribution in [-0.4, -0.2) is 63.1 Å². The van der Waals surface area contributed by atoms with Crippen molar-refractivity contribution in [1.29, 1.82) is 0 Å². The maximum atomic E-state index is 13.8. The van der Waals surface area contributed by atoms with Gasteiger partial charge in [0.15, 0.2) is 0 Å². The minimum absolute atomic E-state index is 0.0420. The number of anilines is 1. The highest BCUT2D eigenvalue weighted by atomic mass is 35.5. The number of aliphatic hydroxyl groups excluding tert-OH is 1. The van der Waals surface area contributed by atoms with Gasteiger partial charge >= 0.3 is 5.97 Å². The number of esters is 1. The van der Waals surface area contributed by atoms with Crippen molar-refractivity contribution in [3.8, 4) is 0 Å². The van der Waals surface area contributed by atoms with Crippen LogP contribution in [0.5, 0.6) is 0 Å². The molecule has 1 spiro atoms. The fourth-order valence-corrected chi connectivity index (χ4v) is 8.41. The zero-order valence-electron chi connectivity index (χ0n) is 18.4. The number of nitrogens with zero attached hydrogens (tertiary/aromatic N) is 1. The number of rotatable bonds is 7. The Bertz CT molecular complexity index is 925. The smallest absolute Gasteiger partial charge is 0.310 e. The fraction of sp³-hybridized carbons (Fsp3) is 0.609. The van der Waals surface area contributed by atoms with Crippen LogP contribution in [0.15, 0.2) is 24.3 Å². The summed E-state index contributed by atoms with van der Waals surface area (Å²) in [5.74, 6) is -2.15. The van der Waals surface area contributed by atoms with Gasteiger partial charge in [0.2, 0.25) is 11.8 Å². The van der Waals surface area contributed by atoms with Crippen molar-refractivity contribution in [3.63, 3.8) is 0 Å². The first kappa shape index (κ1) is 23.4. The van der Waals surface area contributed by atoms with E-state index in [1.165, 1.54) is 4.90 Å². The van der Waals surface area contributed by atoms with Gasteiger partial charge in [-0.3, -0.25) is 14.4 Å². The summed E-state index contributed by atoms with van der Waals surface area (Å²) >= 11 is 7.85. The second kappa shape index (κ2) is 8.88. The van der Waals surface area contributed by atoms with Gasteiger partial charge in [-0.15, -0.1) is 11.8 Å². The van der Waals surface area contributed by atoms with E-state index >= 15 is 0 Å². The summed E-state index contributed by atoms with van der Waals surface area (Å²) in [7, 11) is 0. The summed E-state index contributed by atoms with van der Waals surface area (Å²) in [6, 6.07) is 5.62. The monoisotopic (exact) mass is 480 g/mol. The van der Waals surface area contributed by atoms with Gasteiger partial charge in [0.25, 0.3) is 0 Å². The second-order valence-corrected chi connectivity index (χ2v) is 10.7. The average molecular weight is 481 g/mol. The highest BCUT2D eigenvalue weighted by molar-refractivity contribution is 8.02. The molecule has 0 saturated carbocycles. The Morgan fingerprint density at radius 1 is 1.38 bits per heavy atom. The van der Waals surface area contributed by atoms with Crippen LogP contribution in [0.2, 0.25) is 5.02 Å². The van der Waals surface area contributed by atoms with E-state index in [2.05, 4.69) is 5.32 Å². The van der Waals surface area contributed by atoms with E-state index in [1.807, 2.05) is 13.8 Å². The normalized spacial score (nSPS) is 33.8. The van der Waals surface area contributed by atoms with E-state index < -0.39 is 28.7 Å². The van der Waals surface area contributed by atoms with Gasteiger partial charge in [0.1, 0.15) is 6.04 Å². The molecule has 1 aromatic carbocycles. The molecule has 2 N–H and O–H groups in total. The first-order valence-electron chi connectivity index (χ1n) is 11.1. The third kappa shape index (κ3) is 3.33. The third-order valence-electron chi connectivity index (χ3n) is 7.20. The Kier molecular flexibility index (Phi) is 6.49. The number of fused-ring (bicyclic) bond motifs is 1. The first-order valence-corrected chi connectivity index (χ1v) is 12.4. The minimum atomic E-state index is -0.821. The highest BCUT2D eigenvalue weighted by Crippen LogP contribution is 2.69. The molecular formula is C23H29ClN2O5S. The van der Waals surface area contributed by atoms with Crippen LogP contribution in [-0.2, 0) is 19.1 Å². The molecule has 3 saturated heterocycles. The van der Waals surface area contributed by atoms with Gasteiger partial charge in [-0.2, -0.15) is 0 Å². The van der Waals surface area contributed by atoms with Crippen molar-refractivity contribution in [1.82, 2.24) is 4.90 Å². The Morgan fingerprint density at radius 2 is 2.09 bits per heavy atom.